The third-order valence-electron chi connectivity index (χ3n) is 4.09. The molecule has 2 amide bonds. The summed E-state index contributed by atoms with van der Waals surface area (Å²) in [7, 11) is 0. The Morgan fingerprint density at radius 1 is 1.25 bits per heavy atom. The number of ether oxygens (including phenoxy) is 2. The summed E-state index contributed by atoms with van der Waals surface area (Å²) in [5.41, 5.74) is 0.723. The van der Waals surface area contributed by atoms with Crippen LogP contribution in [0.4, 0.5) is 15.8 Å². The molecule has 1 aliphatic rings. The first-order chi connectivity index (χ1) is 13.4. The number of carbonyl (C=O) groups excluding carboxylic acids is 3. The Morgan fingerprint density at radius 2 is 2.04 bits per heavy atom. The third-order valence-corrected chi connectivity index (χ3v) is 4.09. The Bertz CT molecular complexity index is 902. The van der Waals surface area contributed by atoms with Gasteiger partial charge in [-0.25, -0.2) is 4.39 Å². The highest BCUT2D eigenvalue weighted by molar-refractivity contribution is 6.00. The summed E-state index contributed by atoms with van der Waals surface area (Å²) in [6, 6.07) is 12.2. The average Bonchev–Trinajstić information content (AvgIpc) is 2.81. The van der Waals surface area contributed by atoms with Gasteiger partial charge in [0.1, 0.15) is 18.1 Å². The fraction of sp³-hybridized carbons (Fsp3) is 0.250. The molecule has 7 nitrogen and oxygen atoms in total. The second-order valence-corrected chi connectivity index (χ2v) is 6.18. The molecule has 0 aromatic heterocycles. The number of benzene rings is 2. The van der Waals surface area contributed by atoms with E-state index in [2.05, 4.69) is 5.32 Å². The Labute approximate surface area is 161 Å². The van der Waals surface area contributed by atoms with Gasteiger partial charge in [0.25, 0.3) is 5.91 Å². The molecule has 0 fully saturated rings. The molecule has 28 heavy (non-hydrogen) atoms. The molecule has 0 radical (unpaired) electrons. The lowest BCUT2D eigenvalue weighted by atomic mass is 10.2. The van der Waals surface area contributed by atoms with E-state index in [4.69, 9.17) is 9.47 Å². The number of hydrogen-bond donors (Lipinski definition) is 1. The van der Waals surface area contributed by atoms with Crippen molar-refractivity contribution in [3.8, 4) is 5.75 Å². The van der Waals surface area contributed by atoms with Gasteiger partial charge in [-0.3, -0.25) is 19.3 Å². The number of fused-ring (bicyclic) bond motifs is 1. The standard InChI is InChI=1S/C20H19FN2O5/c1-13(20(26)22-15-6-4-5-14(21)11-15)28-19(25)12-23-16-7-2-3-8-17(16)27-10-9-18(23)24/h2-8,11,13H,9-10,12H2,1H3,(H,22,26)/t13-/m0/s1. The Morgan fingerprint density at radius 3 is 2.82 bits per heavy atom. The lowest BCUT2D eigenvalue weighted by Crippen LogP contribution is -2.39. The molecule has 3 rings (SSSR count). The first-order valence-corrected chi connectivity index (χ1v) is 8.72. The van der Waals surface area contributed by atoms with Gasteiger partial charge in [-0.2, -0.15) is 0 Å². The van der Waals surface area contributed by atoms with Crippen LogP contribution in [0.5, 0.6) is 5.75 Å². The summed E-state index contributed by atoms with van der Waals surface area (Å²) in [5, 5.41) is 2.47. The molecule has 0 saturated carbocycles. The van der Waals surface area contributed by atoms with Crippen molar-refractivity contribution < 1.29 is 28.2 Å². The van der Waals surface area contributed by atoms with E-state index >= 15 is 0 Å². The third kappa shape index (κ3) is 4.64. The molecule has 1 atom stereocenters. The minimum absolute atomic E-state index is 0.123. The number of nitrogens with one attached hydrogen (secondary N) is 1. The van der Waals surface area contributed by atoms with Crippen LogP contribution in [-0.2, 0) is 19.1 Å². The molecule has 1 aliphatic heterocycles. The van der Waals surface area contributed by atoms with Gasteiger partial charge in [-0.05, 0) is 37.3 Å². The van der Waals surface area contributed by atoms with Crippen molar-refractivity contribution in [1.29, 1.82) is 0 Å². The molecule has 0 spiro atoms. The number of carbonyl (C=O) groups is 3. The SMILES string of the molecule is C[C@H](OC(=O)CN1C(=O)CCOc2ccccc21)C(=O)Nc1cccc(F)c1. The van der Waals surface area contributed by atoms with Gasteiger partial charge >= 0.3 is 5.97 Å². The van der Waals surface area contributed by atoms with Crippen molar-refractivity contribution >= 4 is 29.2 Å². The number of nitrogens with zero attached hydrogens (tertiary/aromatic N) is 1. The topological polar surface area (TPSA) is 84.9 Å². The van der Waals surface area contributed by atoms with E-state index in [0.29, 0.717) is 11.4 Å². The number of anilines is 2. The zero-order chi connectivity index (χ0) is 20.1. The molecular weight excluding hydrogens is 367 g/mol. The molecule has 1 heterocycles. The van der Waals surface area contributed by atoms with Gasteiger partial charge in [0.2, 0.25) is 5.91 Å². The number of hydrogen-bond acceptors (Lipinski definition) is 5. The fourth-order valence-electron chi connectivity index (χ4n) is 2.72. The van der Waals surface area contributed by atoms with Crippen molar-refractivity contribution in [2.24, 2.45) is 0 Å². The summed E-state index contributed by atoms with van der Waals surface area (Å²) in [5.74, 6) is -1.63. The van der Waals surface area contributed by atoms with Crippen LogP contribution in [0.25, 0.3) is 0 Å². The van der Waals surface area contributed by atoms with Crippen molar-refractivity contribution in [2.75, 3.05) is 23.4 Å². The number of amides is 2. The number of esters is 1. The minimum atomic E-state index is -1.12. The minimum Gasteiger partial charge on any atom is -0.491 e. The van der Waals surface area contributed by atoms with E-state index in [0.717, 1.165) is 6.07 Å². The average molecular weight is 386 g/mol. The normalized spacial score (nSPS) is 14.4. The van der Waals surface area contributed by atoms with Crippen molar-refractivity contribution in [1.82, 2.24) is 0 Å². The fourth-order valence-corrected chi connectivity index (χ4v) is 2.72. The van der Waals surface area contributed by atoms with Crippen LogP contribution >= 0.6 is 0 Å². The van der Waals surface area contributed by atoms with E-state index < -0.39 is 23.8 Å². The maximum Gasteiger partial charge on any atom is 0.326 e. The maximum atomic E-state index is 13.2. The zero-order valence-electron chi connectivity index (χ0n) is 15.2. The van der Waals surface area contributed by atoms with Crippen LogP contribution in [0.2, 0.25) is 0 Å². The molecule has 2 aromatic carbocycles. The quantitative estimate of drug-likeness (QED) is 0.798. The largest absolute Gasteiger partial charge is 0.491 e. The van der Waals surface area contributed by atoms with Gasteiger partial charge in [-0.1, -0.05) is 18.2 Å². The van der Waals surface area contributed by atoms with Crippen LogP contribution in [0, 0.1) is 5.82 Å². The first kappa shape index (κ1) is 19.3. The summed E-state index contributed by atoms with van der Waals surface area (Å²) in [6.07, 6.45) is -0.998. The highest BCUT2D eigenvalue weighted by Gasteiger charge is 2.27. The van der Waals surface area contributed by atoms with Gasteiger partial charge < -0.3 is 14.8 Å². The maximum absolute atomic E-state index is 13.2. The second-order valence-electron chi connectivity index (χ2n) is 6.18. The van der Waals surface area contributed by atoms with Crippen LogP contribution in [0.1, 0.15) is 13.3 Å². The molecule has 0 bridgehead atoms. The second kappa shape index (κ2) is 8.51. The molecule has 2 aromatic rings. The molecule has 0 unspecified atom stereocenters. The zero-order valence-corrected chi connectivity index (χ0v) is 15.2. The van der Waals surface area contributed by atoms with Crippen LogP contribution in [0.15, 0.2) is 48.5 Å². The predicted octanol–water partition coefficient (Wildman–Crippen LogP) is 2.51. The van der Waals surface area contributed by atoms with Crippen molar-refractivity contribution in [3.05, 3.63) is 54.3 Å². The Hall–Kier alpha value is -3.42. The van der Waals surface area contributed by atoms with E-state index in [1.54, 1.807) is 24.3 Å². The van der Waals surface area contributed by atoms with E-state index in [9.17, 15) is 18.8 Å². The summed E-state index contributed by atoms with van der Waals surface area (Å²) in [6.45, 7) is 1.26. The van der Waals surface area contributed by atoms with Gasteiger partial charge in [0, 0.05) is 5.69 Å². The predicted molar refractivity (Wildman–Crippen MR) is 99.5 cm³/mol. The summed E-state index contributed by atoms with van der Waals surface area (Å²) < 4.78 is 23.9. The van der Waals surface area contributed by atoms with Gasteiger partial charge in [-0.15, -0.1) is 0 Å². The van der Waals surface area contributed by atoms with E-state index in [1.165, 1.54) is 30.0 Å². The first-order valence-electron chi connectivity index (χ1n) is 8.72. The van der Waals surface area contributed by atoms with Crippen molar-refractivity contribution in [3.63, 3.8) is 0 Å². The lowest BCUT2D eigenvalue weighted by molar-refractivity contribution is -0.152. The Kier molecular flexibility index (Phi) is 5.88. The molecule has 1 N–H and O–H groups in total. The highest BCUT2D eigenvalue weighted by atomic mass is 19.1. The number of halogens is 1. The molecule has 8 heteroatoms. The van der Waals surface area contributed by atoms with Crippen LogP contribution in [-0.4, -0.2) is 37.0 Å². The molecule has 146 valence electrons. The molecular formula is C20H19FN2O5. The smallest absolute Gasteiger partial charge is 0.326 e. The molecule has 0 saturated heterocycles. The highest BCUT2D eigenvalue weighted by Crippen LogP contribution is 2.30. The number of para-hydroxylation sites is 2. The summed E-state index contributed by atoms with van der Waals surface area (Å²) >= 11 is 0. The number of rotatable bonds is 5. The van der Waals surface area contributed by atoms with Crippen molar-refractivity contribution in [2.45, 2.75) is 19.4 Å². The molecule has 0 aliphatic carbocycles. The van der Waals surface area contributed by atoms with Gasteiger partial charge in [0.15, 0.2) is 6.10 Å². The summed E-state index contributed by atoms with van der Waals surface area (Å²) in [4.78, 5) is 38.1. The van der Waals surface area contributed by atoms with E-state index in [1.807, 2.05) is 0 Å². The van der Waals surface area contributed by atoms with Crippen LogP contribution < -0.4 is 15.0 Å². The lowest BCUT2D eigenvalue weighted by Gasteiger charge is -2.22. The monoisotopic (exact) mass is 386 g/mol. The van der Waals surface area contributed by atoms with Gasteiger partial charge in [0.05, 0.1) is 18.7 Å². The van der Waals surface area contributed by atoms with Crippen LogP contribution in [0.3, 0.4) is 0 Å². The van der Waals surface area contributed by atoms with E-state index in [-0.39, 0.29) is 31.2 Å². The Balaban J connectivity index is 1.63.